The number of aliphatic hydroxyl groups is 1. The molecule has 0 saturated heterocycles. The number of hydrogen-bond acceptors (Lipinski definition) is 5. The number of amides is 1. The number of carbonyl (C=O) groups excluding carboxylic acids is 1. The zero-order valence-electron chi connectivity index (χ0n) is 14.0. The first-order valence-electron chi connectivity index (χ1n) is 7.84. The van der Waals surface area contributed by atoms with Crippen LogP contribution in [0.15, 0.2) is 47.4 Å². The summed E-state index contributed by atoms with van der Waals surface area (Å²) in [6.07, 6.45) is 0.512. The fourth-order valence-electron chi connectivity index (χ4n) is 3.21. The molecule has 2 aromatic rings. The van der Waals surface area contributed by atoms with E-state index in [9.17, 15) is 14.7 Å². The van der Waals surface area contributed by atoms with Crippen LogP contribution < -0.4 is 16.0 Å². The number of carbonyl (C=O) groups is 1. The first-order chi connectivity index (χ1) is 11.9. The molecule has 25 heavy (non-hydrogen) atoms. The third-order valence-corrected chi connectivity index (χ3v) is 4.46. The highest BCUT2D eigenvalue weighted by atomic mass is 16.6. The van der Waals surface area contributed by atoms with E-state index in [0.29, 0.717) is 11.3 Å². The highest BCUT2D eigenvalue weighted by Crippen LogP contribution is 2.42. The van der Waals surface area contributed by atoms with Crippen LogP contribution >= 0.6 is 0 Å². The van der Waals surface area contributed by atoms with Crippen LogP contribution in [0, 0.1) is 0 Å². The minimum atomic E-state index is -1.08. The molecule has 132 valence electrons. The van der Waals surface area contributed by atoms with Crippen LogP contribution in [0.3, 0.4) is 0 Å². The summed E-state index contributed by atoms with van der Waals surface area (Å²) in [5.41, 5.74) is 4.83. The van der Waals surface area contributed by atoms with Crippen LogP contribution in [0.4, 0.5) is 0 Å². The molecule has 1 amide bonds. The van der Waals surface area contributed by atoms with Crippen molar-refractivity contribution in [3.05, 3.63) is 64.1 Å². The fourth-order valence-corrected chi connectivity index (χ4v) is 3.21. The molecule has 0 radical (unpaired) electrons. The first kappa shape index (κ1) is 17.2. The normalized spacial score (nSPS) is 25.1. The molecule has 0 saturated carbocycles. The highest BCUT2D eigenvalue weighted by Gasteiger charge is 2.47. The SMILES string of the molecule is COCC1(C)Oc2ccc(C(N)=O)cc2C(n2ccccc2=O)C1O. The van der Waals surface area contributed by atoms with Gasteiger partial charge in [0.15, 0.2) is 5.60 Å². The third-order valence-electron chi connectivity index (χ3n) is 4.46. The Bertz CT molecular complexity index is 863. The van der Waals surface area contributed by atoms with Crippen molar-refractivity contribution in [2.24, 2.45) is 5.73 Å². The molecule has 1 aromatic heterocycles. The zero-order valence-corrected chi connectivity index (χ0v) is 14.0. The van der Waals surface area contributed by atoms with Gasteiger partial charge in [-0.05, 0) is 31.2 Å². The molecule has 3 rings (SSSR count). The minimum Gasteiger partial charge on any atom is -0.482 e. The van der Waals surface area contributed by atoms with Gasteiger partial charge >= 0.3 is 0 Å². The summed E-state index contributed by atoms with van der Waals surface area (Å²) in [5.74, 6) is -0.128. The molecule has 1 aliphatic heterocycles. The molecule has 3 N–H and O–H groups in total. The van der Waals surface area contributed by atoms with E-state index < -0.39 is 23.7 Å². The van der Waals surface area contributed by atoms with Crippen LogP contribution in [-0.4, -0.2) is 41.0 Å². The van der Waals surface area contributed by atoms with Crippen LogP contribution in [0.2, 0.25) is 0 Å². The van der Waals surface area contributed by atoms with Crippen molar-refractivity contribution in [3.63, 3.8) is 0 Å². The lowest BCUT2D eigenvalue weighted by molar-refractivity contribution is -0.109. The van der Waals surface area contributed by atoms with Gasteiger partial charge in [-0.25, -0.2) is 0 Å². The molecule has 3 unspecified atom stereocenters. The average Bonchev–Trinajstić information content (AvgIpc) is 2.57. The van der Waals surface area contributed by atoms with Gasteiger partial charge < -0.3 is 24.9 Å². The Labute approximate surface area is 144 Å². The lowest BCUT2D eigenvalue weighted by Crippen LogP contribution is -2.56. The number of ether oxygens (including phenoxy) is 2. The summed E-state index contributed by atoms with van der Waals surface area (Å²) in [7, 11) is 1.51. The quantitative estimate of drug-likeness (QED) is 0.849. The number of pyridine rings is 1. The highest BCUT2D eigenvalue weighted by molar-refractivity contribution is 5.93. The third kappa shape index (κ3) is 2.92. The lowest BCUT2D eigenvalue weighted by Gasteiger charge is -2.44. The Hall–Kier alpha value is -2.64. The van der Waals surface area contributed by atoms with E-state index in [2.05, 4.69) is 0 Å². The average molecular weight is 344 g/mol. The number of nitrogens with zero attached hydrogens (tertiary/aromatic N) is 1. The molecule has 0 spiro atoms. The smallest absolute Gasteiger partial charge is 0.251 e. The maximum Gasteiger partial charge on any atom is 0.251 e. The second-order valence-corrected chi connectivity index (χ2v) is 6.30. The minimum absolute atomic E-state index is 0.128. The van der Waals surface area contributed by atoms with Gasteiger partial charge in [0.25, 0.3) is 5.56 Å². The number of benzene rings is 1. The lowest BCUT2D eigenvalue weighted by atomic mass is 9.84. The molecule has 1 aliphatic rings. The van der Waals surface area contributed by atoms with E-state index >= 15 is 0 Å². The summed E-state index contributed by atoms with van der Waals surface area (Å²) in [6, 6.07) is 8.73. The van der Waals surface area contributed by atoms with Gasteiger partial charge in [0, 0.05) is 30.5 Å². The second-order valence-electron chi connectivity index (χ2n) is 6.30. The van der Waals surface area contributed by atoms with Gasteiger partial charge in [-0.2, -0.15) is 0 Å². The molecular weight excluding hydrogens is 324 g/mol. The van der Waals surface area contributed by atoms with E-state index in [1.54, 1.807) is 43.5 Å². The number of rotatable bonds is 4. The number of methoxy groups -OCH3 is 1. The number of aliphatic hydroxyl groups excluding tert-OH is 1. The van der Waals surface area contributed by atoms with Crippen LogP contribution in [0.1, 0.15) is 28.9 Å². The number of fused-ring (bicyclic) bond motifs is 1. The molecule has 0 aliphatic carbocycles. The first-order valence-corrected chi connectivity index (χ1v) is 7.84. The second kappa shape index (κ2) is 6.34. The summed E-state index contributed by atoms with van der Waals surface area (Å²) >= 11 is 0. The number of hydrogen-bond donors (Lipinski definition) is 2. The molecule has 2 heterocycles. The summed E-state index contributed by atoms with van der Waals surface area (Å²) in [4.78, 5) is 23.9. The maximum absolute atomic E-state index is 12.3. The monoisotopic (exact) mass is 344 g/mol. The molecule has 3 atom stereocenters. The Morgan fingerprint density at radius 2 is 2.16 bits per heavy atom. The Kier molecular flexibility index (Phi) is 4.36. The maximum atomic E-state index is 12.3. The van der Waals surface area contributed by atoms with E-state index in [1.807, 2.05) is 0 Å². The zero-order chi connectivity index (χ0) is 18.2. The largest absolute Gasteiger partial charge is 0.482 e. The van der Waals surface area contributed by atoms with Gasteiger partial charge in [0.2, 0.25) is 5.91 Å². The molecular formula is C18H20N2O5. The van der Waals surface area contributed by atoms with E-state index in [4.69, 9.17) is 15.2 Å². The number of nitrogens with two attached hydrogens (primary N) is 1. The van der Waals surface area contributed by atoms with Crippen LogP contribution in [-0.2, 0) is 4.74 Å². The van der Waals surface area contributed by atoms with E-state index in [0.717, 1.165) is 0 Å². The molecule has 7 nitrogen and oxygen atoms in total. The van der Waals surface area contributed by atoms with E-state index in [-0.39, 0.29) is 17.7 Å². The Morgan fingerprint density at radius 1 is 1.40 bits per heavy atom. The summed E-state index contributed by atoms with van der Waals surface area (Å²) in [6.45, 7) is 1.84. The molecule has 7 heteroatoms. The summed E-state index contributed by atoms with van der Waals surface area (Å²) < 4.78 is 12.6. The van der Waals surface area contributed by atoms with Gasteiger partial charge in [-0.3, -0.25) is 9.59 Å². The Balaban J connectivity index is 2.23. The topological polar surface area (TPSA) is 104 Å². The molecule has 0 bridgehead atoms. The number of primary amides is 1. The number of aromatic nitrogens is 1. The van der Waals surface area contributed by atoms with Crippen molar-refractivity contribution in [1.82, 2.24) is 4.57 Å². The van der Waals surface area contributed by atoms with Crippen molar-refractivity contribution < 1.29 is 19.4 Å². The fraction of sp³-hybridized carbons (Fsp3) is 0.333. The van der Waals surface area contributed by atoms with E-state index in [1.165, 1.54) is 17.7 Å². The van der Waals surface area contributed by atoms with Crippen LogP contribution in [0.5, 0.6) is 5.75 Å². The standard InChI is InChI=1S/C18H20N2O5/c1-18(10-24-2)16(22)15(20-8-4-3-5-14(20)21)12-9-11(17(19)23)6-7-13(12)25-18/h3-9,15-16,22H,10H2,1-2H3,(H2,19,23). The molecule has 1 aromatic carbocycles. The predicted octanol–water partition coefficient (Wildman–Crippen LogP) is 0.695. The van der Waals surface area contributed by atoms with Gasteiger partial charge in [-0.15, -0.1) is 0 Å². The van der Waals surface area contributed by atoms with Gasteiger partial charge in [0.1, 0.15) is 11.9 Å². The summed E-state index contributed by atoms with van der Waals surface area (Å²) in [5, 5.41) is 11.0. The van der Waals surface area contributed by atoms with Gasteiger partial charge in [-0.1, -0.05) is 6.07 Å². The van der Waals surface area contributed by atoms with Crippen molar-refractivity contribution in [2.75, 3.05) is 13.7 Å². The van der Waals surface area contributed by atoms with Gasteiger partial charge in [0.05, 0.1) is 12.6 Å². The van der Waals surface area contributed by atoms with Crippen molar-refractivity contribution in [2.45, 2.75) is 24.7 Å². The predicted molar refractivity (Wildman–Crippen MR) is 90.7 cm³/mol. The van der Waals surface area contributed by atoms with Crippen molar-refractivity contribution >= 4 is 5.91 Å². The van der Waals surface area contributed by atoms with Crippen molar-refractivity contribution in [1.29, 1.82) is 0 Å². The van der Waals surface area contributed by atoms with Crippen LogP contribution in [0.25, 0.3) is 0 Å². The molecule has 0 fully saturated rings. The van der Waals surface area contributed by atoms with Crippen molar-refractivity contribution in [3.8, 4) is 5.75 Å². The Morgan fingerprint density at radius 3 is 2.80 bits per heavy atom.